The molecular weight excluding hydrogens is 569 g/mol. The van der Waals surface area contributed by atoms with Gasteiger partial charge in [0.15, 0.2) is 0 Å². The lowest BCUT2D eigenvalue weighted by Crippen LogP contribution is -2.24. The summed E-state index contributed by atoms with van der Waals surface area (Å²) in [5.74, 6) is 0.382. The van der Waals surface area contributed by atoms with Gasteiger partial charge in [0.05, 0.1) is 28.6 Å². The summed E-state index contributed by atoms with van der Waals surface area (Å²) < 4.78 is 2.52. The number of nitrogens with zero attached hydrogens (tertiary/aromatic N) is 2. The molecule has 47 heavy (non-hydrogen) atoms. The van der Waals surface area contributed by atoms with E-state index in [0.29, 0.717) is 5.92 Å². The zero-order valence-electron chi connectivity index (χ0n) is 29.4. The third-order valence-electron chi connectivity index (χ3n) is 11.4. The molecule has 0 saturated carbocycles. The maximum Gasteiger partial charge on any atom is 0.0728 e. The molecule has 6 aromatic rings. The van der Waals surface area contributed by atoms with Crippen LogP contribution in [0, 0.1) is 0 Å². The Bertz CT molecular complexity index is 2390. The molecule has 0 N–H and O–H groups in total. The highest BCUT2D eigenvalue weighted by Crippen LogP contribution is 2.56. The predicted octanol–water partition coefficient (Wildman–Crippen LogP) is 13.0. The highest BCUT2D eigenvalue weighted by atomic mass is 14.9. The van der Waals surface area contributed by atoms with Crippen molar-refractivity contribution in [3.63, 3.8) is 0 Å². The molecule has 0 amide bonds. The summed E-state index contributed by atoms with van der Waals surface area (Å²) in [6.45, 7) is 23.1. The molecule has 1 atom stereocenters. The normalized spacial score (nSPS) is 16.7. The molecule has 2 heteroatoms. The van der Waals surface area contributed by atoms with E-state index in [0.717, 1.165) is 18.5 Å². The van der Waals surface area contributed by atoms with E-state index in [1.165, 1.54) is 112 Å². The van der Waals surface area contributed by atoms with Gasteiger partial charge in [0.2, 0.25) is 0 Å². The van der Waals surface area contributed by atoms with Crippen LogP contribution in [0.2, 0.25) is 0 Å². The van der Waals surface area contributed by atoms with Crippen LogP contribution in [-0.4, -0.2) is 9.38 Å². The summed E-state index contributed by atoms with van der Waals surface area (Å²) in [6.07, 6.45) is 13.6. The van der Waals surface area contributed by atoms with Crippen molar-refractivity contribution in [1.82, 2.24) is 9.38 Å². The third-order valence-corrected chi connectivity index (χ3v) is 11.4. The fraction of sp³-hybridized carbons (Fsp3) is 0.311. The second-order valence-electron chi connectivity index (χ2n) is 14.9. The number of pyridine rings is 1. The van der Waals surface area contributed by atoms with Crippen molar-refractivity contribution in [2.45, 2.75) is 92.4 Å². The minimum atomic E-state index is -0.214. The second kappa shape index (κ2) is 10.5. The predicted molar refractivity (Wildman–Crippen MR) is 205 cm³/mol. The van der Waals surface area contributed by atoms with Crippen molar-refractivity contribution in [2.75, 3.05) is 0 Å². The lowest BCUT2D eigenvalue weighted by Gasteiger charge is -2.36. The van der Waals surface area contributed by atoms with Crippen LogP contribution in [0.5, 0.6) is 0 Å². The monoisotopic (exact) mass is 614 g/mol. The Morgan fingerprint density at radius 1 is 1.00 bits per heavy atom. The minimum absolute atomic E-state index is 0.214. The molecule has 0 saturated heterocycles. The van der Waals surface area contributed by atoms with E-state index in [9.17, 15) is 0 Å². The van der Waals surface area contributed by atoms with Gasteiger partial charge in [0.25, 0.3) is 0 Å². The summed E-state index contributed by atoms with van der Waals surface area (Å²) in [6, 6.07) is 16.3. The van der Waals surface area contributed by atoms with Crippen molar-refractivity contribution in [3.8, 4) is 11.1 Å². The fourth-order valence-electron chi connectivity index (χ4n) is 9.26. The molecule has 0 spiro atoms. The van der Waals surface area contributed by atoms with Crippen LogP contribution in [0.4, 0.5) is 0 Å². The van der Waals surface area contributed by atoms with Gasteiger partial charge in [0, 0.05) is 33.1 Å². The minimum Gasteiger partial charge on any atom is -0.306 e. The number of benzene rings is 3. The molecule has 236 valence electrons. The van der Waals surface area contributed by atoms with E-state index < -0.39 is 0 Å². The number of aromatic nitrogens is 2. The van der Waals surface area contributed by atoms with Crippen molar-refractivity contribution < 1.29 is 0 Å². The molecule has 2 nitrogen and oxygen atoms in total. The molecule has 3 heterocycles. The van der Waals surface area contributed by atoms with Crippen LogP contribution in [0.15, 0.2) is 78.0 Å². The largest absolute Gasteiger partial charge is 0.306 e. The van der Waals surface area contributed by atoms with E-state index in [2.05, 4.69) is 133 Å². The van der Waals surface area contributed by atoms with Gasteiger partial charge in [-0.1, -0.05) is 99.9 Å². The van der Waals surface area contributed by atoms with E-state index >= 15 is 0 Å². The molecule has 3 aromatic carbocycles. The van der Waals surface area contributed by atoms with Crippen molar-refractivity contribution in [1.29, 1.82) is 0 Å². The molecule has 0 fully saturated rings. The van der Waals surface area contributed by atoms with Crippen LogP contribution in [-0.2, 0) is 5.41 Å². The topological polar surface area (TPSA) is 17.3 Å². The van der Waals surface area contributed by atoms with Crippen molar-refractivity contribution in [2.24, 2.45) is 0 Å². The third kappa shape index (κ3) is 3.94. The number of allylic oxidation sites excluding steroid dienone is 5. The van der Waals surface area contributed by atoms with Crippen molar-refractivity contribution in [3.05, 3.63) is 112 Å². The molecule has 0 aliphatic heterocycles. The molecule has 0 radical (unpaired) electrons. The molecule has 2 aliphatic rings. The Morgan fingerprint density at radius 3 is 2.47 bits per heavy atom. The lowest BCUT2D eigenvalue weighted by molar-refractivity contribution is 0.651. The van der Waals surface area contributed by atoms with Crippen molar-refractivity contribution >= 4 is 55.7 Å². The van der Waals surface area contributed by atoms with Gasteiger partial charge in [-0.2, -0.15) is 0 Å². The molecule has 3 aromatic heterocycles. The number of hydrogen-bond donors (Lipinski definition) is 0. The summed E-state index contributed by atoms with van der Waals surface area (Å²) in [5, 5.41) is 6.79. The van der Waals surface area contributed by atoms with E-state index in [-0.39, 0.29) is 5.41 Å². The van der Waals surface area contributed by atoms with Crippen LogP contribution in [0.1, 0.15) is 121 Å². The maximum atomic E-state index is 5.13. The Hall–Kier alpha value is -4.43. The second-order valence-corrected chi connectivity index (χ2v) is 14.9. The lowest BCUT2D eigenvalue weighted by atomic mass is 9.66. The van der Waals surface area contributed by atoms with Crippen LogP contribution in [0.3, 0.4) is 0 Å². The van der Waals surface area contributed by atoms with Gasteiger partial charge in [-0.05, 0) is 109 Å². The first kappa shape index (κ1) is 29.9. The quantitative estimate of drug-likeness (QED) is 0.164. The first-order chi connectivity index (χ1) is 22.6. The Kier molecular flexibility index (Phi) is 6.71. The molecule has 2 aliphatic carbocycles. The maximum absolute atomic E-state index is 5.13. The average molecular weight is 615 g/mol. The first-order valence-corrected chi connectivity index (χ1v) is 17.6. The summed E-state index contributed by atoms with van der Waals surface area (Å²) >= 11 is 0. The van der Waals surface area contributed by atoms with Gasteiger partial charge in [-0.25, -0.2) is 0 Å². The van der Waals surface area contributed by atoms with Crippen LogP contribution < -0.4 is 0 Å². The first-order valence-electron chi connectivity index (χ1n) is 17.6. The van der Waals surface area contributed by atoms with Gasteiger partial charge >= 0.3 is 0 Å². The number of unbranched alkanes of at least 4 members (excludes halogenated alkanes) is 1. The zero-order valence-corrected chi connectivity index (χ0v) is 29.4. The Balaban J connectivity index is 1.63. The molecule has 8 rings (SSSR count). The molecule has 1 unspecified atom stereocenters. The van der Waals surface area contributed by atoms with E-state index in [1.54, 1.807) is 0 Å². The Labute approximate surface area is 279 Å². The highest BCUT2D eigenvalue weighted by Gasteiger charge is 2.39. The average Bonchev–Trinajstić information content (AvgIpc) is 3.68. The number of fused-ring (bicyclic) bond motifs is 8. The summed E-state index contributed by atoms with van der Waals surface area (Å²) in [4.78, 5) is 5.13. The number of rotatable bonds is 7. The van der Waals surface area contributed by atoms with Gasteiger partial charge in [-0.3, -0.25) is 4.98 Å². The SMILES string of the molecule is C=Cc1c(C(/C=C(\C)CCCC)=C(C)C)c2c3c(cc4c5c6c(ncc5n1c24)C=C(C)C6CC)-c1cccc2cccc(c12)C3(C)C. The van der Waals surface area contributed by atoms with Crippen LogP contribution >= 0.6 is 0 Å². The fourth-order valence-corrected chi connectivity index (χ4v) is 9.26. The standard InChI is InChI=1S/C45H46N2/c1-10-13-16-26(6)21-31(25(4)5)40-36(12-3)47-37-24-46-35-22-27(7)29(11-2)39(35)41(37)33-23-32-30-19-14-17-28-18-15-20-34(38(28)30)45(8,9)43(32)42(40)44(33)47/h12,14-15,17-24,29H,3,10-11,13,16H2,1-2,4-9H3/b26-21+. The van der Waals surface area contributed by atoms with E-state index in [4.69, 9.17) is 4.98 Å². The summed E-state index contributed by atoms with van der Waals surface area (Å²) in [5.41, 5.74) is 18.4. The smallest absolute Gasteiger partial charge is 0.0728 e. The van der Waals surface area contributed by atoms with Gasteiger partial charge < -0.3 is 4.40 Å². The van der Waals surface area contributed by atoms with Gasteiger partial charge in [-0.15, -0.1) is 0 Å². The highest BCUT2D eigenvalue weighted by molar-refractivity contribution is 6.24. The van der Waals surface area contributed by atoms with Crippen LogP contribution in [0.25, 0.3) is 66.8 Å². The molecule has 0 bridgehead atoms. The zero-order chi connectivity index (χ0) is 32.9. The Morgan fingerprint density at radius 2 is 1.77 bits per heavy atom. The van der Waals surface area contributed by atoms with E-state index in [1.807, 2.05) is 0 Å². The number of hydrogen-bond acceptors (Lipinski definition) is 1. The van der Waals surface area contributed by atoms with Gasteiger partial charge in [0.1, 0.15) is 0 Å². The molecular formula is C45H46N2. The summed E-state index contributed by atoms with van der Waals surface area (Å²) in [7, 11) is 0.